The molecule has 0 aromatic heterocycles. The lowest BCUT2D eigenvalue weighted by molar-refractivity contribution is -0.124. The predicted molar refractivity (Wildman–Crippen MR) is 86.0 cm³/mol. The number of hydrogen-bond acceptors (Lipinski definition) is 2. The van der Waals surface area contributed by atoms with Gasteiger partial charge in [0, 0.05) is 17.3 Å². The van der Waals surface area contributed by atoms with Crippen LogP contribution in [0.5, 0.6) is 5.75 Å². The van der Waals surface area contributed by atoms with Crippen LogP contribution >= 0.6 is 11.6 Å². The number of likely N-dealkylation sites (N-methyl/N-ethyl adjacent to an activating group) is 1. The van der Waals surface area contributed by atoms with Gasteiger partial charge in [-0.2, -0.15) is 0 Å². The smallest absolute Gasteiger partial charge is 0.267 e. The lowest BCUT2D eigenvalue weighted by Crippen LogP contribution is -2.40. The van der Waals surface area contributed by atoms with Crippen molar-refractivity contribution in [3.63, 3.8) is 0 Å². The minimum absolute atomic E-state index is 0.0799. The summed E-state index contributed by atoms with van der Waals surface area (Å²) in [7, 11) is 0. The van der Waals surface area contributed by atoms with Crippen molar-refractivity contribution in [3.05, 3.63) is 59.6 Å². The van der Waals surface area contributed by atoms with Crippen LogP contribution < -0.4 is 9.64 Å². The zero-order chi connectivity index (χ0) is 15.2. The highest BCUT2D eigenvalue weighted by atomic mass is 35.5. The fourth-order valence-electron chi connectivity index (χ4n) is 2.09. The van der Waals surface area contributed by atoms with Crippen LogP contribution in [0.15, 0.2) is 54.6 Å². The van der Waals surface area contributed by atoms with Crippen LogP contribution in [-0.2, 0) is 4.79 Å². The van der Waals surface area contributed by atoms with Crippen LogP contribution in [-0.4, -0.2) is 18.6 Å². The quantitative estimate of drug-likeness (QED) is 0.830. The minimum atomic E-state index is -0.580. The van der Waals surface area contributed by atoms with E-state index in [1.807, 2.05) is 37.3 Å². The second-order valence-corrected chi connectivity index (χ2v) is 5.07. The molecule has 21 heavy (non-hydrogen) atoms. The molecule has 2 aromatic rings. The van der Waals surface area contributed by atoms with Gasteiger partial charge in [0.05, 0.1) is 0 Å². The number of hydrogen-bond donors (Lipinski definition) is 0. The predicted octanol–water partition coefficient (Wildman–Crippen LogP) is 4.16. The molecule has 2 rings (SSSR count). The standard InChI is InChI=1S/C17H18ClNO2/c1-3-19(15-9-5-4-6-10-15)17(20)13(2)21-16-11-7-8-14(18)12-16/h4-13H,3H2,1-2H3/t13-/m0/s1. The molecule has 1 amide bonds. The summed E-state index contributed by atoms with van der Waals surface area (Å²) in [5.41, 5.74) is 0.867. The van der Waals surface area contributed by atoms with Crippen LogP contribution in [0.25, 0.3) is 0 Å². The van der Waals surface area contributed by atoms with Gasteiger partial charge in [-0.05, 0) is 44.2 Å². The first-order valence-corrected chi connectivity index (χ1v) is 7.28. The summed E-state index contributed by atoms with van der Waals surface area (Å²) < 4.78 is 5.69. The van der Waals surface area contributed by atoms with Crippen molar-refractivity contribution >= 4 is 23.2 Å². The van der Waals surface area contributed by atoms with Gasteiger partial charge >= 0.3 is 0 Å². The molecule has 0 N–H and O–H groups in total. The van der Waals surface area contributed by atoms with Crippen LogP contribution in [0.3, 0.4) is 0 Å². The molecular weight excluding hydrogens is 286 g/mol. The average molecular weight is 304 g/mol. The molecule has 0 spiro atoms. The van der Waals surface area contributed by atoms with Gasteiger partial charge in [-0.1, -0.05) is 35.9 Å². The van der Waals surface area contributed by atoms with Gasteiger partial charge in [0.25, 0.3) is 5.91 Å². The molecule has 2 aromatic carbocycles. The van der Waals surface area contributed by atoms with Crippen molar-refractivity contribution in [2.24, 2.45) is 0 Å². The summed E-state index contributed by atoms with van der Waals surface area (Å²) in [6.07, 6.45) is -0.580. The molecule has 0 saturated heterocycles. The third kappa shape index (κ3) is 3.99. The van der Waals surface area contributed by atoms with E-state index in [1.54, 1.807) is 36.1 Å². The van der Waals surface area contributed by atoms with Gasteiger partial charge in [-0.15, -0.1) is 0 Å². The Balaban J connectivity index is 2.10. The number of halogens is 1. The maximum Gasteiger partial charge on any atom is 0.267 e. The van der Waals surface area contributed by atoms with Gasteiger partial charge in [-0.3, -0.25) is 4.79 Å². The minimum Gasteiger partial charge on any atom is -0.481 e. The number of anilines is 1. The number of amides is 1. The topological polar surface area (TPSA) is 29.5 Å². The van der Waals surface area contributed by atoms with Crippen LogP contribution in [0.4, 0.5) is 5.69 Å². The van der Waals surface area contributed by atoms with E-state index in [1.165, 1.54) is 0 Å². The number of para-hydroxylation sites is 1. The second-order valence-electron chi connectivity index (χ2n) is 4.64. The molecule has 0 aliphatic carbocycles. The van der Waals surface area contributed by atoms with E-state index in [0.717, 1.165) is 5.69 Å². The Kier molecular flexibility index (Phi) is 5.23. The van der Waals surface area contributed by atoms with Crippen LogP contribution in [0, 0.1) is 0 Å². The second kappa shape index (κ2) is 7.14. The summed E-state index contributed by atoms with van der Waals surface area (Å²) in [6.45, 7) is 4.28. The normalized spacial score (nSPS) is 11.8. The van der Waals surface area contributed by atoms with Gasteiger partial charge in [0.2, 0.25) is 0 Å². The molecule has 0 fully saturated rings. The maximum absolute atomic E-state index is 12.5. The highest BCUT2D eigenvalue weighted by Gasteiger charge is 2.22. The number of nitrogens with zero attached hydrogens (tertiary/aromatic N) is 1. The highest BCUT2D eigenvalue weighted by molar-refractivity contribution is 6.30. The van der Waals surface area contributed by atoms with Gasteiger partial charge in [-0.25, -0.2) is 0 Å². The molecule has 0 heterocycles. The monoisotopic (exact) mass is 303 g/mol. The number of rotatable bonds is 5. The number of benzene rings is 2. The zero-order valence-corrected chi connectivity index (χ0v) is 12.9. The molecule has 0 saturated carbocycles. The van der Waals surface area contributed by atoms with E-state index in [4.69, 9.17) is 16.3 Å². The third-order valence-electron chi connectivity index (χ3n) is 3.11. The summed E-state index contributed by atoms with van der Waals surface area (Å²) in [5, 5.41) is 0.586. The van der Waals surface area contributed by atoms with E-state index in [9.17, 15) is 4.79 Å². The Hall–Kier alpha value is -2.00. The van der Waals surface area contributed by atoms with Crippen molar-refractivity contribution in [1.82, 2.24) is 0 Å². The molecule has 1 atom stereocenters. The summed E-state index contributed by atoms with van der Waals surface area (Å²) in [6, 6.07) is 16.6. The van der Waals surface area contributed by atoms with Gasteiger partial charge < -0.3 is 9.64 Å². The summed E-state index contributed by atoms with van der Waals surface area (Å²) >= 11 is 5.92. The first-order valence-electron chi connectivity index (χ1n) is 6.90. The van der Waals surface area contributed by atoms with Crippen LogP contribution in [0.1, 0.15) is 13.8 Å². The maximum atomic E-state index is 12.5. The first kappa shape index (κ1) is 15.4. The van der Waals surface area contributed by atoms with E-state index >= 15 is 0 Å². The van der Waals surface area contributed by atoms with E-state index in [0.29, 0.717) is 17.3 Å². The lowest BCUT2D eigenvalue weighted by atomic mass is 10.2. The molecule has 4 heteroatoms. The van der Waals surface area contributed by atoms with E-state index in [2.05, 4.69) is 0 Å². The largest absolute Gasteiger partial charge is 0.481 e. The lowest BCUT2D eigenvalue weighted by Gasteiger charge is -2.25. The van der Waals surface area contributed by atoms with Crippen molar-refractivity contribution in [3.8, 4) is 5.75 Å². The fraction of sp³-hybridized carbons (Fsp3) is 0.235. The Bertz CT molecular complexity index is 601. The summed E-state index contributed by atoms with van der Waals surface area (Å²) in [4.78, 5) is 14.2. The Morgan fingerprint density at radius 1 is 1.19 bits per heavy atom. The Labute approximate surface area is 130 Å². The average Bonchev–Trinajstić information content (AvgIpc) is 2.49. The van der Waals surface area contributed by atoms with E-state index < -0.39 is 6.10 Å². The van der Waals surface area contributed by atoms with Crippen molar-refractivity contribution < 1.29 is 9.53 Å². The van der Waals surface area contributed by atoms with Gasteiger partial charge in [0.15, 0.2) is 6.10 Å². The number of ether oxygens (including phenoxy) is 1. The van der Waals surface area contributed by atoms with Crippen LogP contribution in [0.2, 0.25) is 5.02 Å². The third-order valence-corrected chi connectivity index (χ3v) is 3.34. The van der Waals surface area contributed by atoms with Crippen molar-refractivity contribution in [2.75, 3.05) is 11.4 Å². The zero-order valence-electron chi connectivity index (χ0n) is 12.1. The number of carbonyl (C=O) groups excluding carboxylic acids is 1. The fourth-order valence-corrected chi connectivity index (χ4v) is 2.27. The highest BCUT2D eigenvalue weighted by Crippen LogP contribution is 2.20. The van der Waals surface area contributed by atoms with Crippen molar-refractivity contribution in [1.29, 1.82) is 0 Å². The molecule has 0 aliphatic rings. The SMILES string of the molecule is CCN(C(=O)[C@H](C)Oc1cccc(Cl)c1)c1ccccc1. The molecule has 110 valence electrons. The molecule has 3 nitrogen and oxygen atoms in total. The molecular formula is C17H18ClNO2. The molecule has 0 radical (unpaired) electrons. The van der Waals surface area contributed by atoms with Crippen molar-refractivity contribution in [2.45, 2.75) is 20.0 Å². The first-order chi connectivity index (χ1) is 10.1. The Morgan fingerprint density at radius 3 is 2.52 bits per heavy atom. The number of carbonyl (C=O) groups is 1. The Morgan fingerprint density at radius 2 is 1.90 bits per heavy atom. The molecule has 0 bridgehead atoms. The van der Waals surface area contributed by atoms with Gasteiger partial charge in [0.1, 0.15) is 5.75 Å². The summed E-state index contributed by atoms with van der Waals surface area (Å²) in [5.74, 6) is 0.510. The molecule has 0 aliphatic heterocycles. The van der Waals surface area contributed by atoms with E-state index in [-0.39, 0.29) is 5.91 Å². The molecule has 0 unspecified atom stereocenters.